The minimum absolute atomic E-state index is 0.260. The highest BCUT2D eigenvalue weighted by Gasteiger charge is 2.36. The maximum atomic E-state index is 13.0. The van der Waals surface area contributed by atoms with E-state index in [1.165, 1.54) is 23.8 Å². The van der Waals surface area contributed by atoms with E-state index in [4.69, 9.17) is 28.6 Å². The number of ether oxygens (including phenoxy) is 1. The van der Waals surface area contributed by atoms with Crippen molar-refractivity contribution in [3.05, 3.63) is 69.6 Å². The van der Waals surface area contributed by atoms with Crippen molar-refractivity contribution in [2.75, 3.05) is 12.0 Å². The number of thioether (sulfide) groups is 1. The Morgan fingerprint density at radius 3 is 2.46 bits per heavy atom. The van der Waals surface area contributed by atoms with E-state index in [-0.39, 0.29) is 11.5 Å². The molecular weight excluding hydrogens is 390 g/mol. The van der Waals surface area contributed by atoms with E-state index < -0.39 is 5.97 Å². The molecule has 0 unspecified atom stereocenters. The largest absolute Gasteiger partial charge is 0.465 e. The second-order valence-electron chi connectivity index (χ2n) is 5.48. The van der Waals surface area contributed by atoms with Gasteiger partial charge in [-0.25, -0.2) is 4.79 Å². The number of nitrogens with zero attached hydrogens (tertiary/aromatic N) is 1. The molecule has 1 heterocycles. The van der Waals surface area contributed by atoms with E-state index in [0.29, 0.717) is 19.9 Å². The lowest BCUT2D eigenvalue weighted by molar-refractivity contribution is -0.113. The molecule has 3 rings (SSSR count). The summed E-state index contributed by atoms with van der Waals surface area (Å²) in [5.41, 5.74) is 2.39. The minimum Gasteiger partial charge on any atom is -0.465 e. The summed E-state index contributed by atoms with van der Waals surface area (Å²) in [5, 5.41) is 0.626. The molecule has 1 fully saturated rings. The molecule has 0 saturated carbocycles. The number of anilines is 1. The van der Waals surface area contributed by atoms with Crippen LogP contribution in [0.2, 0.25) is 5.02 Å². The summed E-state index contributed by atoms with van der Waals surface area (Å²) in [4.78, 5) is 27.0. The molecule has 0 radical (unpaired) electrons. The fourth-order valence-electron chi connectivity index (χ4n) is 2.59. The highest BCUT2D eigenvalue weighted by atomic mass is 35.5. The topological polar surface area (TPSA) is 46.6 Å². The Bertz CT molecular complexity index is 938. The molecule has 1 amide bonds. The molecule has 2 aromatic carbocycles. The Balaban J connectivity index is 2.04. The molecule has 132 valence electrons. The van der Waals surface area contributed by atoms with E-state index in [2.05, 4.69) is 0 Å². The molecule has 1 aliphatic rings. The number of amides is 1. The Hall–Kier alpha value is -2.15. The number of hydrogen-bond acceptors (Lipinski definition) is 5. The maximum Gasteiger partial charge on any atom is 0.339 e. The molecule has 1 aliphatic heterocycles. The predicted molar refractivity (Wildman–Crippen MR) is 110 cm³/mol. The lowest BCUT2D eigenvalue weighted by Crippen LogP contribution is -2.29. The van der Waals surface area contributed by atoms with Crippen LogP contribution in [0.5, 0.6) is 0 Å². The Morgan fingerprint density at radius 1 is 1.15 bits per heavy atom. The van der Waals surface area contributed by atoms with Gasteiger partial charge in [0.1, 0.15) is 0 Å². The van der Waals surface area contributed by atoms with Crippen LogP contribution in [0.25, 0.3) is 5.57 Å². The second kappa shape index (κ2) is 7.61. The van der Waals surface area contributed by atoms with Crippen molar-refractivity contribution in [1.82, 2.24) is 0 Å². The number of allylic oxidation sites excluding steroid dienone is 1. The molecule has 0 atom stereocenters. The Kier molecular flexibility index (Phi) is 5.46. The van der Waals surface area contributed by atoms with Crippen molar-refractivity contribution < 1.29 is 14.3 Å². The van der Waals surface area contributed by atoms with Gasteiger partial charge >= 0.3 is 5.97 Å². The third-order valence-corrected chi connectivity index (χ3v) is 5.66. The fraction of sp³-hybridized carbons (Fsp3) is 0.105. The SMILES string of the molecule is COC(=O)c1ccccc1N1C(=O)/C(=C(\C)c2ccc(Cl)cc2)SC1=S. The van der Waals surface area contributed by atoms with Crippen molar-refractivity contribution in [3.63, 3.8) is 0 Å². The number of halogens is 1. The number of rotatable bonds is 3. The first-order chi connectivity index (χ1) is 12.4. The van der Waals surface area contributed by atoms with Gasteiger partial charge in [-0.3, -0.25) is 9.69 Å². The van der Waals surface area contributed by atoms with Crippen LogP contribution in [0.3, 0.4) is 0 Å². The number of carbonyl (C=O) groups excluding carboxylic acids is 2. The van der Waals surface area contributed by atoms with Gasteiger partial charge in [0.15, 0.2) is 4.32 Å². The zero-order valence-corrected chi connectivity index (χ0v) is 16.4. The van der Waals surface area contributed by atoms with Crippen LogP contribution in [0, 0.1) is 0 Å². The summed E-state index contributed by atoms with van der Waals surface area (Å²) in [6.45, 7) is 1.86. The van der Waals surface area contributed by atoms with E-state index >= 15 is 0 Å². The average molecular weight is 404 g/mol. The third kappa shape index (κ3) is 3.40. The van der Waals surface area contributed by atoms with Crippen LogP contribution in [-0.4, -0.2) is 23.3 Å². The molecule has 2 aromatic rings. The van der Waals surface area contributed by atoms with Crippen LogP contribution >= 0.6 is 35.6 Å². The minimum atomic E-state index is -0.520. The normalized spacial score (nSPS) is 16.0. The smallest absolute Gasteiger partial charge is 0.339 e. The molecule has 1 saturated heterocycles. The van der Waals surface area contributed by atoms with Crippen molar-refractivity contribution in [2.24, 2.45) is 0 Å². The van der Waals surface area contributed by atoms with Crippen LogP contribution in [0.4, 0.5) is 5.69 Å². The monoisotopic (exact) mass is 403 g/mol. The lowest BCUT2D eigenvalue weighted by Gasteiger charge is -2.17. The highest BCUT2D eigenvalue weighted by molar-refractivity contribution is 8.27. The molecular formula is C19H14ClNO3S2. The van der Waals surface area contributed by atoms with Crippen molar-refractivity contribution in [1.29, 1.82) is 0 Å². The summed E-state index contributed by atoms with van der Waals surface area (Å²) in [7, 11) is 1.30. The number of carbonyl (C=O) groups is 2. The first kappa shape index (κ1) is 18.6. The van der Waals surface area contributed by atoms with Crippen molar-refractivity contribution in [2.45, 2.75) is 6.92 Å². The Labute approximate surface area is 165 Å². The fourth-order valence-corrected chi connectivity index (χ4v) is 4.04. The summed E-state index contributed by atoms with van der Waals surface area (Å²) in [6.07, 6.45) is 0. The zero-order valence-electron chi connectivity index (χ0n) is 14.0. The van der Waals surface area contributed by atoms with Gasteiger partial charge in [0, 0.05) is 5.02 Å². The molecule has 4 nitrogen and oxygen atoms in total. The molecule has 0 bridgehead atoms. The first-order valence-electron chi connectivity index (χ1n) is 7.64. The zero-order chi connectivity index (χ0) is 18.8. The van der Waals surface area contributed by atoms with Gasteiger partial charge in [-0.1, -0.05) is 59.8 Å². The third-order valence-electron chi connectivity index (χ3n) is 3.94. The molecule has 0 N–H and O–H groups in total. The van der Waals surface area contributed by atoms with Crippen molar-refractivity contribution >= 4 is 63.0 Å². The van der Waals surface area contributed by atoms with Crippen molar-refractivity contribution in [3.8, 4) is 0 Å². The summed E-state index contributed by atoms with van der Waals surface area (Å²) < 4.78 is 5.18. The van der Waals surface area contributed by atoms with E-state index in [0.717, 1.165) is 11.1 Å². The van der Waals surface area contributed by atoms with Gasteiger partial charge in [-0.05, 0) is 42.3 Å². The lowest BCUT2D eigenvalue weighted by atomic mass is 10.1. The van der Waals surface area contributed by atoms with Crippen LogP contribution in [0.1, 0.15) is 22.8 Å². The molecule has 7 heteroatoms. The van der Waals surface area contributed by atoms with E-state index in [1.54, 1.807) is 36.4 Å². The van der Waals surface area contributed by atoms with E-state index in [1.807, 2.05) is 19.1 Å². The van der Waals surface area contributed by atoms with Crippen LogP contribution in [-0.2, 0) is 9.53 Å². The maximum absolute atomic E-state index is 13.0. The molecule has 26 heavy (non-hydrogen) atoms. The number of esters is 1. The van der Waals surface area contributed by atoms with Gasteiger partial charge in [0.2, 0.25) is 0 Å². The average Bonchev–Trinajstić information content (AvgIpc) is 2.95. The standard InChI is InChI=1S/C19H14ClNO3S2/c1-11(12-7-9-13(20)10-8-12)16-17(22)21(19(25)26-16)15-6-4-3-5-14(15)18(23)24-2/h3-10H,1-2H3/b16-11-. The van der Waals surface area contributed by atoms with E-state index in [9.17, 15) is 9.59 Å². The summed E-state index contributed by atoms with van der Waals surface area (Å²) >= 11 is 12.6. The van der Waals surface area contributed by atoms with Gasteiger partial charge in [0.25, 0.3) is 5.91 Å². The van der Waals surface area contributed by atoms with Gasteiger partial charge in [-0.2, -0.15) is 0 Å². The number of hydrogen-bond donors (Lipinski definition) is 0. The summed E-state index contributed by atoms with van der Waals surface area (Å²) in [6, 6.07) is 14.0. The molecule has 0 aromatic heterocycles. The second-order valence-corrected chi connectivity index (χ2v) is 7.56. The van der Waals surface area contributed by atoms with Gasteiger partial charge < -0.3 is 4.74 Å². The number of benzene rings is 2. The number of thiocarbonyl (C=S) groups is 1. The molecule has 0 spiro atoms. The summed E-state index contributed by atoms with van der Waals surface area (Å²) in [5.74, 6) is -0.781. The molecule has 0 aliphatic carbocycles. The number of para-hydroxylation sites is 1. The first-order valence-corrected chi connectivity index (χ1v) is 9.24. The van der Waals surface area contributed by atoms with Crippen LogP contribution < -0.4 is 4.90 Å². The predicted octanol–water partition coefficient (Wildman–Crippen LogP) is 4.92. The highest BCUT2D eigenvalue weighted by Crippen LogP contribution is 2.40. The Morgan fingerprint density at radius 2 is 1.81 bits per heavy atom. The van der Waals surface area contributed by atoms with Crippen LogP contribution in [0.15, 0.2) is 53.4 Å². The quantitative estimate of drug-likeness (QED) is 0.413. The number of methoxy groups -OCH3 is 1. The van der Waals surface area contributed by atoms with Gasteiger partial charge in [-0.15, -0.1) is 0 Å². The van der Waals surface area contributed by atoms with Gasteiger partial charge in [0.05, 0.1) is 23.3 Å².